The molecule has 0 saturated heterocycles. The summed E-state index contributed by atoms with van der Waals surface area (Å²) >= 11 is 0. The van der Waals surface area contributed by atoms with Crippen LogP contribution in [0.2, 0.25) is 0 Å². The fourth-order valence-electron chi connectivity index (χ4n) is 0.823. The Balaban J connectivity index is 2.69. The van der Waals surface area contributed by atoms with E-state index >= 15 is 0 Å². The zero-order valence-electron chi connectivity index (χ0n) is 6.13. The van der Waals surface area contributed by atoms with Crippen LogP contribution in [-0.4, -0.2) is 26.2 Å². The molecule has 0 bridgehead atoms. The van der Waals surface area contributed by atoms with Crippen molar-refractivity contribution in [3.05, 3.63) is 16.2 Å². The van der Waals surface area contributed by atoms with E-state index < -0.39 is 11.7 Å². The van der Waals surface area contributed by atoms with Gasteiger partial charge in [-0.05, 0) is 0 Å². The fourth-order valence-corrected chi connectivity index (χ4v) is 0.823. The van der Waals surface area contributed by atoms with Crippen LogP contribution in [0.5, 0.6) is 5.88 Å². The second-order valence-electron chi connectivity index (χ2n) is 2.30. The predicted molar refractivity (Wildman–Crippen MR) is 39.0 cm³/mol. The molecule has 0 saturated carbocycles. The molecule has 0 radical (unpaired) electrons. The van der Waals surface area contributed by atoms with Gasteiger partial charge < -0.3 is 15.2 Å². The molecule has 12 heavy (non-hydrogen) atoms. The largest absolute Gasteiger partial charge is 0.493 e. The molecule has 4 N–H and O–H groups in total. The number of carboxylic acids is 1. The average molecular weight is 172 g/mol. The summed E-state index contributed by atoms with van der Waals surface area (Å²) in [7, 11) is 0. The second-order valence-corrected chi connectivity index (χ2v) is 2.30. The van der Waals surface area contributed by atoms with Gasteiger partial charge in [0.1, 0.15) is 0 Å². The van der Waals surface area contributed by atoms with E-state index in [1.54, 1.807) is 0 Å². The summed E-state index contributed by atoms with van der Waals surface area (Å²) in [6.45, 7) is 0. The van der Waals surface area contributed by atoms with Gasteiger partial charge >= 0.3 is 11.7 Å². The number of aromatic hydroxyl groups is 1. The second kappa shape index (κ2) is 3.12. The molecule has 0 amide bonds. The monoisotopic (exact) mass is 172 g/mol. The highest BCUT2D eigenvalue weighted by atomic mass is 16.4. The number of aryl methyl sites for hydroxylation is 1. The topological polar surface area (TPSA) is 106 Å². The molecule has 0 aliphatic heterocycles. The maximum absolute atomic E-state index is 10.5. The minimum absolute atomic E-state index is 0.111. The molecule has 6 heteroatoms. The number of carboxylic acid groups (broad SMARTS) is 1. The van der Waals surface area contributed by atoms with Crippen molar-refractivity contribution in [2.45, 2.75) is 12.8 Å². The molecule has 1 aromatic heterocycles. The van der Waals surface area contributed by atoms with Crippen LogP contribution in [0, 0.1) is 0 Å². The third-order valence-corrected chi connectivity index (χ3v) is 1.37. The van der Waals surface area contributed by atoms with E-state index in [1.165, 1.54) is 0 Å². The Bertz CT molecular complexity index is 338. The quantitative estimate of drug-likeness (QED) is 0.489. The van der Waals surface area contributed by atoms with Crippen molar-refractivity contribution in [1.29, 1.82) is 0 Å². The van der Waals surface area contributed by atoms with E-state index in [9.17, 15) is 9.59 Å². The number of aliphatic carboxylic acids is 1. The molecule has 0 spiro atoms. The summed E-state index contributed by atoms with van der Waals surface area (Å²) in [5.41, 5.74) is -0.310. The lowest BCUT2D eigenvalue weighted by molar-refractivity contribution is -0.136. The third-order valence-electron chi connectivity index (χ3n) is 1.37. The summed E-state index contributed by atoms with van der Waals surface area (Å²) in [5.74, 6) is -1.27. The van der Waals surface area contributed by atoms with E-state index in [0.717, 1.165) is 0 Å². The molecule has 0 aliphatic carbocycles. The lowest BCUT2D eigenvalue weighted by Crippen LogP contribution is -2.02. The number of hydrogen-bond donors (Lipinski definition) is 4. The highest BCUT2D eigenvalue weighted by Gasteiger charge is 2.06. The first-order valence-electron chi connectivity index (χ1n) is 3.31. The lowest BCUT2D eigenvalue weighted by atomic mass is 10.2. The zero-order chi connectivity index (χ0) is 9.14. The van der Waals surface area contributed by atoms with Crippen LogP contribution in [0.4, 0.5) is 0 Å². The van der Waals surface area contributed by atoms with Crippen molar-refractivity contribution in [2.24, 2.45) is 0 Å². The summed E-state index contributed by atoms with van der Waals surface area (Å²) in [5, 5.41) is 17.3. The van der Waals surface area contributed by atoms with Gasteiger partial charge in [-0.3, -0.25) is 9.78 Å². The predicted octanol–water partition coefficient (Wildman–Crippen LogP) is -0.574. The summed E-state index contributed by atoms with van der Waals surface area (Å²) in [4.78, 5) is 25.0. The van der Waals surface area contributed by atoms with Crippen molar-refractivity contribution in [3.63, 3.8) is 0 Å². The highest BCUT2D eigenvalue weighted by Crippen LogP contribution is 2.08. The van der Waals surface area contributed by atoms with Crippen LogP contribution in [0.1, 0.15) is 12.1 Å². The number of H-pyrrole nitrogens is 2. The number of aromatic nitrogens is 2. The van der Waals surface area contributed by atoms with Crippen LogP contribution >= 0.6 is 0 Å². The van der Waals surface area contributed by atoms with Crippen molar-refractivity contribution < 1.29 is 15.0 Å². The fraction of sp³-hybridized carbons (Fsp3) is 0.333. The Morgan fingerprint density at radius 1 is 1.42 bits per heavy atom. The molecule has 0 fully saturated rings. The molecule has 0 unspecified atom stereocenters. The van der Waals surface area contributed by atoms with Gasteiger partial charge in [0.05, 0.1) is 12.1 Å². The van der Waals surface area contributed by atoms with Crippen LogP contribution in [0.15, 0.2) is 4.79 Å². The molecule has 0 aromatic carbocycles. The van der Waals surface area contributed by atoms with Gasteiger partial charge in [-0.15, -0.1) is 0 Å². The van der Waals surface area contributed by atoms with Crippen molar-refractivity contribution in [1.82, 2.24) is 9.97 Å². The number of carbonyl (C=O) groups is 1. The number of imidazole rings is 1. The smallest absolute Gasteiger partial charge is 0.325 e. The van der Waals surface area contributed by atoms with Gasteiger partial charge in [0.2, 0.25) is 5.88 Å². The van der Waals surface area contributed by atoms with Crippen molar-refractivity contribution in [2.75, 3.05) is 0 Å². The number of nitrogens with one attached hydrogen (secondary N) is 2. The van der Waals surface area contributed by atoms with Gasteiger partial charge in [-0.25, -0.2) is 4.79 Å². The van der Waals surface area contributed by atoms with Crippen LogP contribution in [0.3, 0.4) is 0 Å². The van der Waals surface area contributed by atoms with E-state index in [0.29, 0.717) is 0 Å². The van der Waals surface area contributed by atoms with Crippen LogP contribution in [-0.2, 0) is 11.2 Å². The highest BCUT2D eigenvalue weighted by molar-refractivity contribution is 5.67. The van der Waals surface area contributed by atoms with E-state index in [1.807, 2.05) is 0 Å². The Labute approximate surface area is 66.9 Å². The van der Waals surface area contributed by atoms with Gasteiger partial charge in [0.15, 0.2) is 0 Å². The summed E-state index contributed by atoms with van der Waals surface area (Å²) in [6.07, 6.45) is -0.0126. The molecular weight excluding hydrogens is 164 g/mol. The first-order valence-corrected chi connectivity index (χ1v) is 3.31. The average Bonchev–Trinajstić information content (AvgIpc) is 2.26. The number of hydrogen-bond acceptors (Lipinski definition) is 3. The number of rotatable bonds is 3. The minimum Gasteiger partial charge on any atom is -0.493 e. The van der Waals surface area contributed by atoms with Crippen molar-refractivity contribution >= 4 is 5.97 Å². The lowest BCUT2D eigenvalue weighted by Gasteiger charge is -1.92. The van der Waals surface area contributed by atoms with Gasteiger partial charge in [0.25, 0.3) is 0 Å². The molecule has 0 atom stereocenters. The molecule has 66 valence electrons. The van der Waals surface area contributed by atoms with Crippen molar-refractivity contribution in [3.8, 4) is 5.88 Å². The molecule has 1 heterocycles. The van der Waals surface area contributed by atoms with E-state index in [2.05, 4.69) is 9.97 Å². The molecule has 1 aromatic rings. The normalized spacial score (nSPS) is 10.0. The Morgan fingerprint density at radius 3 is 2.50 bits per heavy atom. The van der Waals surface area contributed by atoms with Crippen LogP contribution < -0.4 is 5.69 Å². The maximum atomic E-state index is 10.5. The summed E-state index contributed by atoms with van der Waals surface area (Å²) in [6, 6.07) is 0. The minimum atomic E-state index is -0.976. The van der Waals surface area contributed by atoms with E-state index in [4.69, 9.17) is 10.2 Å². The molecule has 0 aliphatic rings. The molecular formula is C6H8N2O4. The summed E-state index contributed by atoms with van der Waals surface area (Å²) < 4.78 is 0. The number of aromatic amines is 2. The Kier molecular flexibility index (Phi) is 2.18. The van der Waals surface area contributed by atoms with Gasteiger partial charge in [-0.1, -0.05) is 0 Å². The van der Waals surface area contributed by atoms with Gasteiger partial charge in [-0.2, -0.15) is 0 Å². The molecule has 6 nitrogen and oxygen atoms in total. The Hall–Kier alpha value is -1.72. The SMILES string of the molecule is O=C(O)CCc1[nH]c(=O)[nH]c1O. The molecule has 1 rings (SSSR count). The first-order chi connectivity index (χ1) is 5.59. The maximum Gasteiger partial charge on any atom is 0.325 e. The third kappa shape index (κ3) is 1.88. The standard InChI is InChI=1S/C6H8N2O4/c9-4(10)2-1-3-5(11)8-6(12)7-3/h11H,1-2H2,(H,9,10)(H2,7,8,12). The van der Waals surface area contributed by atoms with Gasteiger partial charge in [0, 0.05) is 6.42 Å². The Morgan fingerprint density at radius 2 is 2.08 bits per heavy atom. The van der Waals surface area contributed by atoms with E-state index in [-0.39, 0.29) is 24.4 Å². The van der Waals surface area contributed by atoms with Crippen LogP contribution in [0.25, 0.3) is 0 Å². The zero-order valence-corrected chi connectivity index (χ0v) is 6.13. The first kappa shape index (κ1) is 8.38.